The second-order valence-corrected chi connectivity index (χ2v) is 8.65. The quantitative estimate of drug-likeness (QED) is 0.568. The van der Waals surface area contributed by atoms with Crippen LogP contribution in [-0.4, -0.2) is 49.5 Å². The highest BCUT2D eigenvalue weighted by atomic mass is 32.2. The van der Waals surface area contributed by atoms with Crippen LogP contribution in [0.25, 0.3) is 5.57 Å². The number of ether oxygens (including phenoxy) is 2. The molecule has 0 saturated carbocycles. The summed E-state index contributed by atoms with van der Waals surface area (Å²) in [6, 6.07) is 16.2. The Bertz CT molecular complexity index is 1110. The summed E-state index contributed by atoms with van der Waals surface area (Å²) in [5.74, 6) is 1.40. The van der Waals surface area contributed by atoms with Crippen LogP contribution in [0.3, 0.4) is 0 Å². The highest BCUT2D eigenvalue weighted by Crippen LogP contribution is 2.39. The molecule has 2 aliphatic heterocycles. The fraction of sp³-hybridized carbons (Fsp3) is 0.320. The van der Waals surface area contributed by atoms with Gasteiger partial charge in [0.05, 0.1) is 28.9 Å². The van der Waals surface area contributed by atoms with Gasteiger partial charge in [0.25, 0.3) is 0 Å². The molecule has 1 saturated heterocycles. The maximum atomic E-state index is 10.1. The highest BCUT2D eigenvalue weighted by Gasteiger charge is 2.35. The Balaban J connectivity index is 1.69. The first kappa shape index (κ1) is 22.9. The molecular weight excluding hydrogens is 434 g/mol. The van der Waals surface area contributed by atoms with E-state index in [9.17, 15) is 10.5 Å². The lowest BCUT2D eigenvalue weighted by Crippen LogP contribution is -2.54. The van der Waals surface area contributed by atoms with Gasteiger partial charge in [-0.3, -0.25) is 9.88 Å². The van der Waals surface area contributed by atoms with E-state index in [0.717, 1.165) is 41.4 Å². The van der Waals surface area contributed by atoms with Crippen molar-refractivity contribution >= 4 is 17.3 Å². The van der Waals surface area contributed by atoms with Gasteiger partial charge in [-0.2, -0.15) is 10.5 Å². The van der Waals surface area contributed by atoms with Crippen LogP contribution < -0.4 is 10.1 Å². The van der Waals surface area contributed by atoms with E-state index in [-0.39, 0.29) is 6.17 Å². The Morgan fingerprint density at radius 1 is 1.15 bits per heavy atom. The smallest absolute Gasteiger partial charge is 0.119 e. The fourth-order valence-corrected chi connectivity index (χ4v) is 4.73. The number of likely N-dealkylation sites (tertiary alicyclic amines) is 1. The summed E-state index contributed by atoms with van der Waals surface area (Å²) in [4.78, 5) is 6.42. The molecule has 168 valence electrons. The first-order chi connectivity index (χ1) is 16.2. The molecule has 0 aliphatic carbocycles. The largest absolute Gasteiger partial charge is 0.491 e. The van der Waals surface area contributed by atoms with E-state index in [4.69, 9.17) is 9.47 Å². The molecule has 1 atom stereocenters. The van der Waals surface area contributed by atoms with Crippen molar-refractivity contribution in [1.29, 1.82) is 10.5 Å². The number of hydrogen-bond donors (Lipinski definition) is 1. The number of nitrogens with one attached hydrogen (secondary N) is 1. The molecule has 2 aromatic rings. The third-order valence-corrected chi connectivity index (χ3v) is 6.67. The van der Waals surface area contributed by atoms with Gasteiger partial charge in [-0.25, -0.2) is 0 Å². The molecule has 1 aromatic carbocycles. The molecular formula is C25H25N5O2S. The van der Waals surface area contributed by atoms with E-state index in [1.807, 2.05) is 42.6 Å². The number of rotatable bonds is 9. The molecule has 33 heavy (non-hydrogen) atoms. The van der Waals surface area contributed by atoms with Gasteiger partial charge in [0.2, 0.25) is 0 Å². The molecule has 1 unspecified atom stereocenters. The Kier molecular flexibility index (Phi) is 7.64. The predicted octanol–water partition coefficient (Wildman–Crippen LogP) is 3.69. The minimum Gasteiger partial charge on any atom is -0.491 e. The molecule has 3 heterocycles. The van der Waals surface area contributed by atoms with Crippen molar-refractivity contribution in [3.8, 4) is 17.9 Å². The SMILES string of the molecule is COCCOc1ccc(C2=C(C#N)C(N3CCC3)NC(SCc3cccnc3)=C2C#N)cc1. The van der Waals surface area contributed by atoms with Crippen molar-refractivity contribution in [2.75, 3.05) is 33.4 Å². The van der Waals surface area contributed by atoms with Gasteiger partial charge in [0.1, 0.15) is 24.6 Å². The number of nitrogens with zero attached hydrogens (tertiary/aromatic N) is 4. The third kappa shape index (κ3) is 5.20. The van der Waals surface area contributed by atoms with E-state index in [0.29, 0.717) is 35.7 Å². The monoisotopic (exact) mass is 459 g/mol. The first-order valence-corrected chi connectivity index (χ1v) is 11.8. The molecule has 7 nitrogen and oxygen atoms in total. The van der Waals surface area contributed by atoms with Gasteiger partial charge in [0, 0.05) is 43.9 Å². The molecule has 0 amide bonds. The summed E-state index contributed by atoms with van der Waals surface area (Å²) in [6.45, 7) is 2.81. The molecule has 0 radical (unpaired) electrons. The van der Waals surface area contributed by atoms with E-state index in [1.165, 1.54) is 0 Å². The Labute approximate surface area is 198 Å². The van der Waals surface area contributed by atoms with Crippen molar-refractivity contribution in [3.63, 3.8) is 0 Å². The zero-order valence-electron chi connectivity index (χ0n) is 18.5. The van der Waals surface area contributed by atoms with Crippen molar-refractivity contribution in [2.45, 2.75) is 18.3 Å². The number of aromatic nitrogens is 1. The second kappa shape index (κ2) is 11.0. The van der Waals surface area contributed by atoms with Gasteiger partial charge in [-0.1, -0.05) is 18.2 Å². The van der Waals surface area contributed by atoms with E-state index in [2.05, 4.69) is 27.3 Å². The zero-order valence-corrected chi connectivity index (χ0v) is 19.3. The average molecular weight is 460 g/mol. The summed E-state index contributed by atoms with van der Waals surface area (Å²) in [5.41, 5.74) is 3.65. The Morgan fingerprint density at radius 3 is 2.58 bits per heavy atom. The van der Waals surface area contributed by atoms with Crippen LogP contribution in [0.15, 0.2) is 65.0 Å². The van der Waals surface area contributed by atoms with Crippen LogP contribution >= 0.6 is 11.8 Å². The number of benzene rings is 1. The number of dihydropyridines is 1. The Hall–Kier alpha value is -3.30. The zero-order chi connectivity index (χ0) is 23.0. The fourth-order valence-electron chi connectivity index (χ4n) is 3.76. The van der Waals surface area contributed by atoms with Crippen LogP contribution in [0.4, 0.5) is 0 Å². The van der Waals surface area contributed by atoms with E-state index < -0.39 is 0 Å². The number of hydrogen-bond acceptors (Lipinski definition) is 8. The lowest BCUT2D eigenvalue weighted by atomic mass is 9.89. The van der Waals surface area contributed by atoms with E-state index >= 15 is 0 Å². The predicted molar refractivity (Wildman–Crippen MR) is 128 cm³/mol. The maximum absolute atomic E-state index is 10.1. The van der Waals surface area contributed by atoms with Crippen molar-refractivity contribution in [2.24, 2.45) is 0 Å². The summed E-state index contributed by atoms with van der Waals surface area (Å²) >= 11 is 1.56. The molecule has 2 aliphatic rings. The number of thioether (sulfide) groups is 1. The standard InChI is InChI=1S/C25H25N5O2S/c1-31-12-13-32-20-7-5-19(6-8-20)23-21(14-26)24(30-10-3-11-30)29-25(22(23)15-27)33-17-18-4-2-9-28-16-18/h2,4-9,16,24,29H,3,10-13,17H2,1H3. The summed E-state index contributed by atoms with van der Waals surface area (Å²) < 4.78 is 10.7. The second-order valence-electron chi connectivity index (χ2n) is 7.67. The normalized spacial score (nSPS) is 18.2. The molecule has 1 N–H and O–H groups in total. The summed E-state index contributed by atoms with van der Waals surface area (Å²) in [7, 11) is 1.63. The molecule has 0 spiro atoms. The molecule has 1 fully saturated rings. The van der Waals surface area contributed by atoms with Crippen LogP contribution in [0.1, 0.15) is 17.5 Å². The van der Waals surface area contributed by atoms with Gasteiger partial charge in [-0.05, 0) is 35.7 Å². The molecule has 8 heteroatoms. The van der Waals surface area contributed by atoms with Gasteiger partial charge in [0.15, 0.2) is 0 Å². The number of allylic oxidation sites excluding steroid dienone is 2. The van der Waals surface area contributed by atoms with Crippen molar-refractivity contribution in [1.82, 2.24) is 15.2 Å². The summed E-state index contributed by atoms with van der Waals surface area (Å²) in [6.07, 6.45) is 4.43. The van der Waals surface area contributed by atoms with Crippen molar-refractivity contribution < 1.29 is 9.47 Å². The minimum atomic E-state index is -0.245. The minimum absolute atomic E-state index is 0.245. The average Bonchev–Trinajstić information content (AvgIpc) is 2.82. The molecule has 0 bridgehead atoms. The van der Waals surface area contributed by atoms with Crippen LogP contribution in [0, 0.1) is 22.7 Å². The van der Waals surface area contributed by atoms with Crippen LogP contribution in [0.2, 0.25) is 0 Å². The number of pyridine rings is 1. The molecule has 4 rings (SSSR count). The number of methoxy groups -OCH3 is 1. The Morgan fingerprint density at radius 2 is 1.97 bits per heavy atom. The van der Waals surface area contributed by atoms with Gasteiger partial charge in [-0.15, -0.1) is 11.8 Å². The van der Waals surface area contributed by atoms with E-state index in [1.54, 1.807) is 25.1 Å². The maximum Gasteiger partial charge on any atom is 0.119 e. The first-order valence-electron chi connectivity index (χ1n) is 10.8. The van der Waals surface area contributed by atoms with Crippen LogP contribution in [0.5, 0.6) is 5.75 Å². The van der Waals surface area contributed by atoms with Gasteiger partial charge < -0.3 is 14.8 Å². The van der Waals surface area contributed by atoms with Crippen LogP contribution in [-0.2, 0) is 10.5 Å². The molecule has 1 aromatic heterocycles. The van der Waals surface area contributed by atoms with Gasteiger partial charge >= 0.3 is 0 Å². The lowest BCUT2D eigenvalue weighted by Gasteiger charge is -2.41. The highest BCUT2D eigenvalue weighted by molar-refractivity contribution is 8.02. The topological polar surface area (TPSA) is 94.2 Å². The van der Waals surface area contributed by atoms with Crippen molar-refractivity contribution in [3.05, 3.63) is 76.1 Å². The number of nitriles is 2. The summed E-state index contributed by atoms with van der Waals surface area (Å²) in [5, 5.41) is 24.5. The lowest BCUT2D eigenvalue weighted by molar-refractivity contribution is 0.126. The third-order valence-electron chi connectivity index (χ3n) is 5.58.